The summed E-state index contributed by atoms with van der Waals surface area (Å²) < 4.78 is 31.4. The van der Waals surface area contributed by atoms with Gasteiger partial charge in [-0.3, -0.25) is 0 Å². The minimum atomic E-state index is -3.50. The molecule has 0 aliphatic carbocycles. The van der Waals surface area contributed by atoms with Crippen molar-refractivity contribution < 1.29 is 12.8 Å². The third-order valence-electron chi connectivity index (χ3n) is 3.17. The molecule has 0 bridgehead atoms. The van der Waals surface area contributed by atoms with Gasteiger partial charge in [-0.1, -0.05) is 19.1 Å². The number of hydrogen-bond donors (Lipinski definition) is 1. The van der Waals surface area contributed by atoms with Crippen LogP contribution in [-0.2, 0) is 23.1 Å². The fourth-order valence-electron chi connectivity index (χ4n) is 1.99. The van der Waals surface area contributed by atoms with E-state index in [1.54, 1.807) is 37.6 Å². The second-order valence-corrected chi connectivity index (χ2v) is 6.87. The number of rotatable bonds is 7. The Balaban J connectivity index is 2.18. The number of nitrogens with zero attached hydrogens (tertiary/aromatic N) is 1. The van der Waals surface area contributed by atoms with Crippen molar-refractivity contribution >= 4 is 10.0 Å². The zero-order valence-corrected chi connectivity index (χ0v) is 13.1. The highest BCUT2D eigenvalue weighted by atomic mass is 32.2. The summed E-state index contributed by atoms with van der Waals surface area (Å²) in [5.41, 5.74) is 1.78. The van der Waals surface area contributed by atoms with Crippen LogP contribution in [0.4, 0.5) is 0 Å². The standard InChI is InChI=1S/C15H20N2O3S/c1-3-16-10-13-5-4-6-15(9-13)21(18,19)17(2)11-14-7-8-20-12-14/h4-9,12,16H,3,10-11H2,1-2H3. The van der Waals surface area contributed by atoms with E-state index >= 15 is 0 Å². The Morgan fingerprint density at radius 2 is 2.05 bits per heavy atom. The van der Waals surface area contributed by atoms with Crippen molar-refractivity contribution in [3.63, 3.8) is 0 Å². The molecule has 0 saturated heterocycles. The van der Waals surface area contributed by atoms with Gasteiger partial charge in [-0.2, -0.15) is 4.31 Å². The number of sulfonamides is 1. The molecule has 5 nitrogen and oxygen atoms in total. The maximum atomic E-state index is 12.6. The van der Waals surface area contributed by atoms with Crippen molar-refractivity contribution in [1.29, 1.82) is 0 Å². The molecule has 0 spiro atoms. The lowest BCUT2D eigenvalue weighted by atomic mass is 10.2. The predicted octanol–water partition coefficient (Wildman–Crippen LogP) is 2.21. The molecule has 1 aromatic carbocycles. The molecule has 2 rings (SSSR count). The Morgan fingerprint density at radius 1 is 1.24 bits per heavy atom. The van der Waals surface area contributed by atoms with Crippen LogP contribution >= 0.6 is 0 Å². The van der Waals surface area contributed by atoms with Crippen molar-refractivity contribution in [1.82, 2.24) is 9.62 Å². The van der Waals surface area contributed by atoms with Gasteiger partial charge in [-0.15, -0.1) is 0 Å². The van der Waals surface area contributed by atoms with E-state index in [0.717, 1.165) is 17.7 Å². The Kier molecular flexibility index (Phi) is 5.17. The summed E-state index contributed by atoms with van der Waals surface area (Å²) in [6.07, 6.45) is 3.08. The minimum Gasteiger partial charge on any atom is -0.472 e. The van der Waals surface area contributed by atoms with Gasteiger partial charge in [0, 0.05) is 25.7 Å². The van der Waals surface area contributed by atoms with Crippen molar-refractivity contribution in [3.8, 4) is 0 Å². The van der Waals surface area contributed by atoms with Crippen LogP contribution in [0.3, 0.4) is 0 Å². The molecular weight excluding hydrogens is 288 g/mol. The molecule has 0 amide bonds. The van der Waals surface area contributed by atoms with E-state index in [1.807, 2.05) is 13.0 Å². The topological polar surface area (TPSA) is 62.6 Å². The molecule has 1 aromatic heterocycles. The van der Waals surface area contributed by atoms with Crippen LogP contribution in [0.1, 0.15) is 18.1 Å². The van der Waals surface area contributed by atoms with E-state index in [1.165, 1.54) is 10.6 Å². The van der Waals surface area contributed by atoms with Crippen molar-refractivity contribution in [2.45, 2.75) is 24.9 Å². The van der Waals surface area contributed by atoms with Gasteiger partial charge in [-0.25, -0.2) is 8.42 Å². The number of hydrogen-bond acceptors (Lipinski definition) is 4. The zero-order valence-electron chi connectivity index (χ0n) is 12.2. The van der Waals surface area contributed by atoms with Gasteiger partial charge >= 0.3 is 0 Å². The maximum absolute atomic E-state index is 12.6. The van der Waals surface area contributed by atoms with Crippen LogP contribution < -0.4 is 5.32 Å². The highest BCUT2D eigenvalue weighted by molar-refractivity contribution is 7.89. The van der Waals surface area contributed by atoms with Crippen LogP contribution in [-0.4, -0.2) is 26.3 Å². The van der Waals surface area contributed by atoms with E-state index < -0.39 is 10.0 Å². The first-order chi connectivity index (χ1) is 10.0. The zero-order chi connectivity index (χ0) is 15.3. The normalized spacial score (nSPS) is 12.0. The molecule has 1 heterocycles. The van der Waals surface area contributed by atoms with Crippen molar-refractivity contribution in [2.75, 3.05) is 13.6 Å². The molecule has 6 heteroatoms. The molecule has 0 radical (unpaired) electrons. The van der Waals surface area contributed by atoms with Crippen molar-refractivity contribution in [2.24, 2.45) is 0 Å². The number of benzene rings is 1. The Morgan fingerprint density at radius 3 is 2.71 bits per heavy atom. The minimum absolute atomic E-state index is 0.288. The Hall–Kier alpha value is -1.63. The Labute approximate surface area is 125 Å². The highest BCUT2D eigenvalue weighted by Gasteiger charge is 2.21. The van der Waals surface area contributed by atoms with Gasteiger partial charge in [0.15, 0.2) is 0 Å². The van der Waals surface area contributed by atoms with Gasteiger partial charge in [-0.05, 0) is 30.3 Å². The first kappa shape index (κ1) is 15.8. The molecule has 0 unspecified atom stereocenters. The number of furan rings is 1. The van der Waals surface area contributed by atoms with Crippen LogP contribution in [0.15, 0.2) is 52.2 Å². The molecule has 1 N–H and O–H groups in total. The lowest BCUT2D eigenvalue weighted by molar-refractivity contribution is 0.463. The predicted molar refractivity (Wildman–Crippen MR) is 81.2 cm³/mol. The first-order valence-corrected chi connectivity index (χ1v) is 8.25. The smallest absolute Gasteiger partial charge is 0.243 e. The van der Waals surface area contributed by atoms with Crippen molar-refractivity contribution in [3.05, 3.63) is 54.0 Å². The van der Waals surface area contributed by atoms with E-state index in [-0.39, 0.29) is 6.54 Å². The summed E-state index contributed by atoms with van der Waals surface area (Å²) in [6, 6.07) is 8.77. The Bertz CT molecular complexity index is 666. The lowest BCUT2D eigenvalue weighted by Gasteiger charge is -2.17. The third kappa shape index (κ3) is 3.93. The van der Waals surface area contributed by atoms with Crippen LogP contribution in [0.2, 0.25) is 0 Å². The lowest BCUT2D eigenvalue weighted by Crippen LogP contribution is -2.26. The van der Waals surface area contributed by atoms with Gasteiger partial charge in [0.2, 0.25) is 10.0 Å². The van der Waals surface area contributed by atoms with Gasteiger partial charge in [0.05, 0.1) is 17.4 Å². The largest absolute Gasteiger partial charge is 0.472 e. The van der Waals surface area contributed by atoms with Gasteiger partial charge in [0.1, 0.15) is 0 Å². The average Bonchev–Trinajstić information content (AvgIpc) is 2.98. The quantitative estimate of drug-likeness (QED) is 0.852. The molecule has 0 saturated carbocycles. The first-order valence-electron chi connectivity index (χ1n) is 6.81. The van der Waals surface area contributed by atoms with E-state index in [4.69, 9.17) is 4.42 Å². The van der Waals surface area contributed by atoms with E-state index in [2.05, 4.69) is 5.32 Å². The molecule has 0 fully saturated rings. The second-order valence-electron chi connectivity index (χ2n) is 4.82. The summed E-state index contributed by atoms with van der Waals surface area (Å²) in [4.78, 5) is 0.309. The molecule has 0 aliphatic heterocycles. The van der Waals surface area contributed by atoms with Crippen LogP contribution in [0.5, 0.6) is 0 Å². The third-order valence-corrected chi connectivity index (χ3v) is 4.97. The summed E-state index contributed by atoms with van der Waals surface area (Å²) >= 11 is 0. The molecule has 0 atom stereocenters. The van der Waals surface area contributed by atoms with Crippen LogP contribution in [0, 0.1) is 0 Å². The maximum Gasteiger partial charge on any atom is 0.243 e. The van der Waals surface area contributed by atoms with Gasteiger partial charge < -0.3 is 9.73 Å². The molecule has 114 valence electrons. The highest BCUT2D eigenvalue weighted by Crippen LogP contribution is 2.18. The summed E-state index contributed by atoms with van der Waals surface area (Å²) in [5.74, 6) is 0. The monoisotopic (exact) mass is 308 g/mol. The fourth-order valence-corrected chi connectivity index (χ4v) is 3.22. The molecule has 21 heavy (non-hydrogen) atoms. The molecule has 0 aliphatic rings. The SMILES string of the molecule is CCNCc1cccc(S(=O)(=O)N(C)Cc2ccoc2)c1. The van der Waals surface area contributed by atoms with Crippen LogP contribution in [0.25, 0.3) is 0 Å². The second kappa shape index (κ2) is 6.89. The fraction of sp³-hybridized carbons (Fsp3) is 0.333. The van der Waals surface area contributed by atoms with E-state index in [0.29, 0.717) is 11.4 Å². The van der Waals surface area contributed by atoms with E-state index in [9.17, 15) is 8.42 Å². The summed E-state index contributed by atoms with van der Waals surface area (Å²) in [7, 11) is -1.93. The van der Waals surface area contributed by atoms with Gasteiger partial charge in [0.25, 0.3) is 0 Å². The summed E-state index contributed by atoms with van der Waals surface area (Å²) in [6.45, 7) is 3.80. The molecule has 2 aromatic rings. The number of nitrogens with one attached hydrogen (secondary N) is 1. The molecular formula is C15H20N2O3S. The summed E-state index contributed by atoms with van der Waals surface area (Å²) in [5, 5.41) is 3.19. The average molecular weight is 308 g/mol.